The van der Waals surface area contributed by atoms with Gasteiger partial charge in [0.25, 0.3) is 0 Å². The Morgan fingerprint density at radius 1 is 1.67 bits per heavy atom. The van der Waals surface area contributed by atoms with Crippen LogP contribution in [0.3, 0.4) is 0 Å². The molecular formula is C5H9O4. The molecule has 0 saturated carbocycles. The first-order chi connectivity index (χ1) is 4.24. The van der Waals surface area contributed by atoms with Crippen molar-refractivity contribution >= 4 is 0 Å². The lowest BCUT2D eigenvalue weighted by Crippen LogP contribution is -2.24. The zero-order chi connectivity index (χ0) is 6.85. The molecule has 3 atom stereocenters. The Morgan fingerprint density at radius 2 is 2.33 bits per heavy atom. The molecule has 0 bridgehead atoms. The summed E-state index contributed by atoms with van der Waals surface area (Å²) in [6.07, 6.45) is -2.51. The third-order valence-corrected chi connectivity index (χ3v) is 1.37. The van der Waals surface area contributed by atoms with Gasteiger partial charge >= 0.3 is 0 Å². The number of ether oxygens (including phenoxy) is 1. The van der Waals surface area contributed by atoms with Crippen molar-refractivity contribution in [3.63, 3.8) is 0 Å². The van der Waals surface area contributed by atoms with E-state index < -0.39 is 18.5 Å². The van der Waals surface area contributed by atoms with Crippen LogP contribution in [-0.2, 0) is 9.84 Å². The van der Waals surface area contributed by atoms with Gasteiger partial charge in [0.15, 0.2) is 6.29 Å². The van der Waals surface area contributed by atoms with Gasteiger partial charge in [0.2, 0.25) is 0 Å². The highest BCUT2D eigenvalue weighted by molar-refractivity contribution is 4.75. The Labute approximate surface area is 52.7 Å². The van der Waals surface area contributed by atoms with Crippen molar-refractivity contribution in [2.45, 2.75) is 24.9 Å². The first kappa shape index (κ1) is 6.95. The molecule has 4 heteroatoms. The summed E-state index contributed by atoms with van der Waals surface area (Å²) >= 11 is 0. The van der Waals surface area contributed by atoms with Crippen LogP contribution in [0, 0.1) is 0 Å². The second-order valence-electron chi connectivity index (χ2n) is 2.09. The zero-order valence-electron chi connectivity index (χ0n) is 4.86. The van der Waals surface area contributed by atoms with E-state index in [9.17, 15) is 5.11 Å². The van der Waals surface area contributed by atoms with Gasteiger partial charge in [0.05, 0.1) is 12.7 Å². The maximum atomic E-state index is 10.4. The first-order valence-electron chi connectivity index (χ1n) is 2.84. The molecule has 0 aromatic heterocycles. The third-order valence-electron chi connectivity index (χ3n) is 1.37. The van der Waals surface area contributed by atoms with Gasteiger partial charge < -0.3 is 14.9 Å². The maximum absolute atomic E-state index is 10.4. The highest BCUT2D eigenvalue weighted by Gasteiger charge is 2.32. The minimum Gasteiger partial charge on any atom is -0.394 e. The molecule has 0 aliphatic carbocycles. The summed E-state index contributed by atoms with van der Waals surface area (Å²) in [5.74, 6) is 0. The SMILES string of the molecule is [O]C1C[C@H](O)[C@@H](CO)O1. The average Bonchev–Trinajstić information content (AvgIpc) is 2.10. The molecule has 1 aliphatic heterocycles. The molecule has 0 spiro atoms. The molecule has 1 unspecified atom stereocenters. The predicted molar refractivity (Wildman–Crippen MR) is 27.1 cm³/mol. The Hall–Kier alpha value is -0.160. The van der Waals surface area contributed by atoms with Crippen molar-refractivity contribution in [3.05, 3.63) is 0 Å². The molecule has 1 fully saturated rings. The summed E-state index contributed by atoms with van der Waals surface area (Å²) < 4.78 is 4.57. The third kappa shape index (κ3) is 1.40. The predicted octanol–water partition coefficient (Wildman–Crippen LogP) is -1.11. The van der Waals surface area contributed by atoms with Crippen molar-refractivity contribution in [3.8, 4) is 0 Å². The van der Waals surface area contributed by atoms with Crippen molar-refractivity contribution in [2.75, 3.05) is 6.61 Å². The fraction of sp³-hybridized carbons (Fsp3) is 1.00. The minimum atomic E-state index is -1.16. The smallest absolute Gasteiger partial charge is 0.194 e. The Balaban J connectivity index is 2.38. The van der Waals surface area contributed by atoms with E-state index in [1.165, 1.54) is 0 Å². The standard InChI is InChI=1S/C5H9O4/c6-2-4-3(7)1-5(8)9-4/h3-7H,1-2H2/t3-,4+,5?/m0/s1. The van der Waals surface area contributed by atoms with Crippen LogP contribution in [0.4, 0.5) is 0 Å². The summed E-state index contributed by atoms with van der Waals surface area (Å²) in [6.45, 7) is -0.278. The van der Waals surface area contributed by atoms with Gasteiger partial charge in [-0.3, -0.25) is 0 Å². The summed E-state index contributed by atoms with van der Waals surface area (Å²) in [4.78, 5) is 0. The van der Waals surface area contributed by atoms with Crippen molar-refractivity contribution in [1.29, 1.82) is 0 Å². The zero-order valence-corrected chi connectivity index (χ0v) is 4.86. The summed E-state index contributed by atoms with van der Waals surface area (Å²) in [7, 11) is 0. The van der Waals surface area contributed by atoms with E-state index in [0.29, 0.717) is 0 Å². The van der Waals surface area contributed by atoms with E-state index in [0.717, 1.165) is 0 Å². The number of hydrogen-bond donors (Lipinski definition) is 2. The van der Waals surface area contributed by atoms with Gasteiger partial charge in [-0.05, 0) is 0 Å². The molecule has 2 N–H and O–H groups in total. The molecule has 1 rings (SSSR count). The molecule has 4 nitrogen and oxygen atoms in total. The van der Waals surface area contributed by atoms with Gasteiger partial charge in [0, 0.05) is 6.42 Å². The molecule has 0 aromatic carbocycles. The maximum Gasteiger partial charge on any atom is 0.194 e. The Morgan fingerprint density at radius 3 is 2.56 bits per heavy atom. The monoisotopic (exact) mass is 133 g/mol. The lowest BCUT2D eigenvalue weighted by Gasteiger charge is -2.07. The van der Waals surface area contributed by atoms with Gasteiger partial charge in [-0.2, -0.15) is 0 Å². The van der Waals surface area contributed by atoms with E-state index in [-0.39, 0.29) is 13.0 Å². The average molecular weight is 133 g/mol. The normalized spacial score (nSPS) is 43.7. The summed E-state index contributed by atoms with van der Waals surface area (Å²) in [5.41, 5.74) is 0. The molecular weight excluding hydrogens is 124 g/mol. The molecule has 1 saturated heterocycles. The van der Waals surface area contributed by atoms with Crippen LogP contribution in [0.25, 0.3) is 0 Å². The van der Waals surface area contributed by atoms with Crippen LogP contribution in [0.1, 0.15) is 6.42 Å². The summed E-state index contributed by atoms with van der Waals surface area (Å²) in [5, 5.41) is 27.7. The highest BCUT2D eigenvalue weighted by Crippen LogP contribution is 2.17. The highest BCUT2D eigenvalue weighted by atomic mass is 16.6. The molecule has 0 amide bonds. The fourth-order valence-corrected chi connectivity index (χ4v) is 0.855. The van der Waals surface area contributed by atoms with E-state index in [1.54, 1.807) is 0 Å². The topological polar surface area (TPSA) is 69.6 Å². The van der Waals surface area contributed by atoms with Crippen molar-refractivity contribution in [1.82, 2.24) is 0 Å². The van der Waals surface area contributed by atoms with Gasteiger partial charge in [-0.1, -0.05) is 0 Å². The lowest BCUT2D eigenvalue weighted by atomic mass is 10.2. The Kier molecular flexibility index (Phi) is 2.02. The minimum absolute atomic E-state index is 0.0885. The molecule has 53 valence electrons. The molecule has 1 heterocycles. The Bertz CT molecular complexity index is 95.0. The first-order valence-corrected chi connectivity index (χ1v) is 2.84. The second kappa shape index (κ2) is 2.62. The summed E-state index contributed by atoms with van der Waals surface area (Å²) in [6, 6.07) is 0. The van der Waals surface area contributed by atoms with Crippen LogP contribution in [0.15, 0.2) is 0 Å². The number of aliphatic hydroxyl groups is 2. The van der Waals surface area contributed by atoms with Crippen LogP contribution >= 0.6 is 0 Å². The number of rotatable bonds is 1. The van der Waals surface area contributed by atoms with Gasteiger partial charge in [-0.25, -0.2) is 5.11 Å². The number of aliphatic hydroxyl groups excluding tert-OH is 2. The molecule has 1 radical (unpaired) electrons. The number of hydrogen-bond acceptors (Lipinski definition) is 3. The molecule has 9 heavy (non-hydrogen) atoms. The van der Waals surface area contributed by atoms with E-state index in [2.05, 4.69) is 4.74 Å². The van der Waals surface area contributed by atoms with Crippen LogP contribution in [0.5, 0.6) is 0 Å². The fourth-order valence-electron chi connectivity index (χ4n) is 0.855. The lowest BCUT2D eigenvalue weighted by molar-refractivity contribution is -0.140. The van der Waals surface area contributed by atoms with Crippen molar-refractivity contribution in [2.24, 2.45) is 0 Å². The molecule has 0 aromatic rings. The van der Waals surface area contributed by atoms with Gasteiger partial charge in [-0.15, -0.1) is 0 Å². The van der Waals surface area contributed by atoms with Crippen LogP contribution in [0.2, 0.25) is 0 Å². The van der Waals surface area contributed by atoms with Gasteiger partial charge in [0.1, 0.15) is 6.10 Å². The van der Waals surface area contributed by atoms with E-state index in [1.807, 2.05) is 0 Å². The van der Waals surface area contributed by atoms with Crippen LogP contribution < -0.4 is 0 Å². The van der Waals surface area contributed by atoms with Crippen molar-refractivity contribution < 1.29 is 20.1 Å². The second-order valence-corrected chi connectivity index (χ2v) is 2.09. The quantitative estimate of drug-likeness (QED) is 0.476. The van der Waals surface area contributed by atoms with E-state index >= 15 is 0 Å². The van der Waals surface area contributed by atoms with E-state index in [4.69, 9.17) is 10.2 Å². The molecule has 1 aliphatic rings. The largest absolute Gasteiger partial charge is 0.394 e. The van der Waals surface area contributed by atoms with Crippen LogP contribution in [-0.4, -0.2) is 35.3 Å².